The number of benzene rings is 1. The molecule has 2 nitrogen and oxygen atoms in total. The predicted molar refractivity (Wildman–Crippen MR) is 91.6 cm³/mol. The number of rotatable bonds is 6. The van der Waals surface area contributed by atoms with Gasteiger partial charge in [0.2, 0.25) is 0 Å². The Morgan fingerprint density at radius 3 is 2.43 bits per heavy atom. The number of likely N-dealkylation sites (tertiary alicyclic amines) is 1. The predicted octanol–water partition coefficient (Wildman–Crippen LogP) is 4.46. The van der Waals surface area contributed by atoms with Crippen molar-refractivity contribution in [1.82, 2.24) is 4.90 Å². The first-order valence-electron chi connectivity index (χ1n) is 8.71. The van der Waals surface area contributed by atoms with Crippen LogP contribution in [0.5, 0.6) is 0 Å². The fourth-order valence-corrected chi connectivity index (χ4v) is 3.45. The summed E-state index contributed by atoms with van der Waals surface area (Å²) in [5, 5.41) is 0. The fourth-order valence-electron chi connectivity index (χ4n) is 3.45. The van der Waals surface area contributed by atoms with E-state index in [1.807, 2.05) is 0 Å². The Balaban J connectivity index is 1.97. The summed E-state index contributed by atoms with van der Waals surface area (Å²) < 4.78 is 0. The van der Waals surface area contributed by atoms with E-state index in [0.717, 1.165) is 12.6 Å². The Hall–Kier alpha value is -0.860. The van der Waals surface area contributed by atoms with E-state index in [-0.39, 0.29) is 6.04 Å². The Labute approximate surface area is 130 Å². The molecule has 2 heteroatoms. The molecule has 118 valence electrons. The second kappa shape index (κ2) is 7.95. The third-order valence-electron chi connectivity index (χ3n) is 4.83. The topological polar surface area (TPSA) is 29.3 Å². The molecule has 2 unspecified atom stereocenters. The van der Waals surface area contributed by atoms with Crippen LogP contribution in [0.4, 0.5) is 0 Å². The van der Waals surface area contributed by atoms with Crippen LogP contribution < -0.4 is 5.73 Å². The first-order chi connectivity index (χ1) is 10.1. The molecule has 1 aliphatic rings. The highest BCUT2D eigenvalue weighted by Gasteiger charge is 2.23. The fraction of sp³-hybridized carbons (Fsp3) is 0.684. The molecular formula is C19H32N2. The van der Waals surface area contributed by atoms with Crippen LogP contribution in [-0.2, 0) is 0 Å². The van der Waals surface area contributed by atoms with Crippen LogP contribution in [0.25, 0.3) is 0 Å². The summed E-state index contributed by atoms with van der Waals surface area (Å²) in [5.41, 5.74) is 9.14. The SMILES string of the molecule is CCCC1CCCCN1CC(N)c1ccc(C(C)C)cc1. The second-order valence-electron chi connectivity index (χ2n) is 6.86. The molecule has 1 aromatic carbocycles. The van der Waals surface area contributed by atoms with Gasteiger partial charge in [-0.3, -0.25) is 4.90 Å². The molecule has 1 fully saturated rings. The lowest BCUT2D eigenvalue weighted by Gasteiger charge is -2.37. The van der Waals surface area contributed by atoms with Gasteiger partial charge in [-0.05, 0) is 42.9 Å². The molecule has 0 aromatic heterocycles. The van der Waals surface area contributed by atoms with Crippen LogP contribution in [-0.4, -0.2) is 24.0 Å². The lowest BCUT2D eigenvalue weighted by molar-refractivity contribution is 0.131. The summed E-state index contributed by atoms with van der Waals surface area (Å²) in [6, 6.07) is 9.81. The highest BCUT2D eigenvalue weighted by molar-refractivity contribution is 5.26. The van der Waals surface area contributed by atoms with Crippen LogP contribution in [0.2, 0.25) is 0 Å². The summed E-state index contributed by atoms with van der Waals surface area (Å²) in [7, 11) is 0. The Kier molecular flexibility index (Phi) is 6.25. The molecule has 0 spiro atoms. The van der Waals surface area contributed by atoms with E-state index in [2.05, 4.69) is 49.9 Å². The number of nitrogens with zero attached hydrogens (tertiary/aromatic N) is 1. The van der Waals surface area contributed by atoms with Crippen LogP contribution >= 0.6 is 0 Å². The van der Waals surface area contributed by atoms with Gasteiger partial charge in [-0.25, -0.2) is 0 Å². The van der Waals surface area contributed by atoms with Gasteiger partial charge in [0.05, 0.1) is 0 Å². The number of hydrogen-bond acceptors (Lipinski definition) is 2. The summed E-state index contributed by atoms with van der Waals surface area (Å²) in [5.74, 6) is 0.589. The van der Waals surface area contributed by atoms with Gasteiger partial charge in [0.1, 0.15) is 0 Å². The first-order valence-corrected chi connectivity index (χ1v) is 8.71. The zero-order chi connectivity index (χ0) is 15.2. The van der Waals surface area contributed by atoms with E-state index in [1.165, 1.54) is 49.8 Å². The molecule has 0 aliphatic carbocycles. The van der Waals surface area contributed by atoms with Crippen LogP contribution in [0.3, 0.4) is 0 Å². The van der Waals surface area contributed by atoms with E-state index in [0.29, 0.717) is 5.92 Å². The minimum absolute atomic E-state index is 0.142. The molecule has 1 aromatic rings. The largest absolute Gasteiger partial charge is 0.323 e. The van der Waals surface area contributed by atoms with Gasteiger partial charge in [0.25, 0.3) is 0 Å². The van der Waals surface area contributed by atoms with Gasteiger partial charge in [0.15, 0.2) is 0 Å². The van der Waals surface area contributed by atoms with Crippen molar-refractivity contribution in [2.45, 2.75) is 70.9 Å². The van der Waals surface area contributed by atoms with Crippen molar-refractivity contribution >= 4 is 0 Å². The van der Waals surface area contributed by atoms with Crippen molar-refractivity contribution < 1.29 is 0 Å². The van der Waals surface area contributed by atoms with Crippen molar-refractivity contribution in [3.63, 3.8) is 0 Å². The lowest BCUT2D eigenvalue weighted by Crippen LogP contribution is -2.43. The molecule has 1 heterocycles. The van der Waals surface area contributed by atoms with E-state index < -0.39 is 0 Å². The number of piperidine rings is 1. The van der Waals surface area contributed by atoms with E-state index in [9.17, 15) is 0 Å². The third kappa shape index (κ3) is 4.55. The van der Waals surface area contributed by atoms with Crippen molar-refractivity contribution in [3.05, 3.63) is 35.4 Å². The first kappa shape index (κ1) is 16.5. The standard InChI is InChI=1S/C19H32N2/c1-4-7-18-8-5-6-13-21(18)14-19(20)17-11-9-16(10-12-17)15(2)3/h9-12,15,18-19H,4-8,13-14,20H2,1-3H3. The van der Waals surface area contributed by atoms with E-state index in [1.54, 1.807) is 0 Å². The summed E-state index contributed by atoms with van der Waals surface area (Å²) in [6.45, 7) is 8.99. The van der Waals surface area contributed by atoms with Crippen LogP contribution in [0, 0.1) is 0 Å². The van der Waals surface area contributed by atoms with E-state index in [4.69, 9.17) is 5.73 Å². The summed E-state index contributed by atoms with van der Waals surface area (Å²) in [6.07, 6.45) is 6.67. The minimum atomic E-state index is 0.142. The molecule has 0 saturated carbocycles. The normalized spacial score (nSPS) is 21.7. The summed E-state index contributed by atoms with van der Waals surface area (Å²) in [4.78, 5) is 2.63. The molecule has 0 amide bonds. The zero-order valence-electron chi connectivity index (χ0n) is 14.0. The van der Waals surface area contributed by atoms with Crippen LogP contribution in [0.15, 0.2) is 24.3 Å². The Morgan fingerprint density at radius 1 is 1.14 bits per heavy atom. The maximum atomic E-state index is 6.47. The lowest BCUT2D eigenvalue weighted by atomic mass is 9.95. The second-order valence-corrected chi connectivity index (χ2v) is 6.86. The molecule has 0 radical (unpaired) electrons. The average Bonchev–Trinajstić information content (AvgIpc) is 2.49. The summed E-state index contributed by atoms with van der Waals surface area (Å²) >= 11 is 0. The molecule has 21 heavy (non-hydrogen) atoms. The van der Waals surface area contributed by atoms with Gasteiger partial charge in [-0.15, -0.1) is 0 Å². The van der Waals surface area contributed by atoms with Crippen molar-refractivity contribution in [2.75, 3.05) is 13.1 Å². The van der Waals surface area contributed by atoms with Crippen LogP contribution in [0.1, 0.15) is 76.0 Å². The van der Waals surface area contributed by atoms with Gasteiger partial charge in [-0.2, -0.15) is 0 Å². The molecule has 2 atom stereocenters. The zero-order valence-corrected chi connectivity index (χ0v) is 14.0. The minimum Gasteiger partial charge on any atom is -0.323 e. The molecule has 2 rings (SSSR count). The quantitative estimate of drug-likeness (QED) is 0.837. The van der Waals surface area contributed by atoms with Gasteiger partial charge in [0, 0.05) is 18.6 Å². The number of hydrogen-bond donors (Lipinski definition) is 1. The smallest absolute Gasteiger partial charge is 0.0424 e. The number of nitrogens with two attached hydrogens (primary N) is 1. The monoisotopic (exact) mass is 288 g/mol. The van der Waals surface area contributed by atoms with E-state index >= 15 is 0 Å². The maximum absolute atomic E-state index is 6.47. The molecule has 0 bridgehead atoms. The molecule has 1 aliphatic heterocycles. The van der Waals surface area contributed by atoms with Crippen molar-refractivity contribution in [3.8, 4) is 0 Å². The molecular weight excluding hydrogens is 256 g/mol. The van der Waals surface area contributed by atoms with Gasteiger partial charge in [-0.1, -0.05) is 57.9 Å². The highest BCUT2D eigenvalue weighted by Crippen LogP contribution is 2.24. The van der Waals surface area contributed by atoms with Crippen molar-refractivity contribution in [2.24, 2.45) is 5.73 Å². The van der Waals surface area contributed by atoms with Gasteiger partial charge < -0.3 is 5.73 Å². The molecule has 2 N–H and O–H groups in total. The van der Waals surface area contributed by atoms with Crippen molar-refractivity contribution in [1.29, 1.82) is 0 Å². The van der Waals surface area contributed by atoms with Gasteiger partial charge >= 0.3 is 0 Å². The highest BCUT2D eigenvalue weighted by atomic mass is 15.2. The Morgan fingerprint density at radius 2 is 1.81 bits per heavy atom. The Bertz CT molecular complexity index is 408. The average molecular weight is 288 g/mol. The molecule has 1 saturated heterocycles. The maximum Gasteiger partial charge on any atom is 0.0424 e. The third-order valence-corrected chi connectivity index (χ3v) is 4.83.